The number of hydrogen-bond donors (Lipinski definition) is 2. The maximum absolute atomic E-state index is 12.2. The van der Waals surface area contributed by atoms with Gasteiger partial charge < -0.3 is 5.32 Å². The lowest BCUT2D eigenvalue weighted by Crippen LogP contribution is -2.13. The van der Waals surface area contributed by atoms with Crippen LogP contribution in [0.4, 0.5) is 16.8 Å². The number of aromatic nitrogens is 4. The number of nitrogens with one attached hydrogen (secondary N) is 2. The van der Waals surface area contributed by atoms with Crippen LogP contribution in [0.25, 0.3) is 0 Å². The predicted molar refractivity (Wildman–Crippen MR) is 124 cm³/mol. The van der Waals surface area contributed by atoms with Crippen molar-refractivity contribution in [2.75, 3.05) is 10.6 Å². The van der Waals surface area contributed by atoms with E-state index in [1.807, 2.05) is 49.4 Å². The van der Waals surface area contributed by atoms with E-state index in [1.165, 1.54) is 28.7 Å². The van der Waals surface area contributed by atoms with Gasteiger partial charge in [-0.1, -0.05) is 35.9 Å². The Balaban J connectivity index is 1.40. The minimum Gasteiger partial charge on any atom is -0.326 e. The fourth-order valence-corrected chi connectivity index (χ4v) is 4.30. The van der Waals surface area contributed by atoms with Crippen LogP contribution >= 0.6 is 23.1 Å². The van der Waals surface area contributed by atoms with Gasteiger partial charge in [0, 0.05) is 21.7 Å². The van der Waals surface area contributed by atoms with Crippen molar-refractivity contribution in [3.8, 4) is 0 Å². The minimum absolute atomic E-state index is 0.0887. The van der Waals surface area contributed by atoms with Gasteiger partial charge in [0.2, 0.25) is 11.9 Å². The maximum Gasteiger partial charge on any atom is 0.233 e. The second-order valence-corrected chi connectivity index (χ2v) is 8.91. The summed E-state index contributed by atoms with van der Waals surface area (Å²) in [4.78, 5) is 31.7. The molecule has 31 heavy (non-hydrogen) atoms. The van der Waals surface area contributed by atoms with Crippen molar-refractivity contribution in [2.45, 2.75) is 30.3 Å². The summed E-state index contributed by atoms with van der Waals surface area (Å²) in [5.74, 6) is 0.956. The number of carbonyl (C=O) groups is 1. The highest BCUT2D eigenvalue weighted by Gasteiger charge is 2.11. The SMILES string of the molecule is Cc1ccc(Sc2nc(C)nc(Nc3ncc(CC(=O)Nc4ccccc4)s3)n2)cc1. The topological polar surface area (TPSA) is 92.7 Å². The fourth-order valence-electron chi connectivity index (χ4n) is 2.70. The van der Waals surface area contributed by atoms with Crippen LogP contribution in [0.3, 0.4) is 0 Å². The molecule has 9 heteroatoms. The quantitative estimate of drug-likeness (QED) is 0.410. The molecule has 4 rings (SSSR count). The molecule has 0 fully saturated rings. The molecule has 0 unspecified atom stereocenters. The Kier molecular flexibility index (Phi) is 6.54. The summed E-state index contributed by atoms with van der Waals surface area (Å²) in [6.45, 7) is 3.88. The second kappa shape index (κ2) is 9.67. The number of anilines is 3. The summed E-state index contributed by atoms with van der Waals surface area (Å²) < 4.78 is 0. The van der Waals surface area contributed by atoms with Gasteiger partial charge in [0.15, 0.2) is 10.3 Å². The van der Waals surface area contributed by atoms with Gasteiger partial charge in [0.1, 0.15) is 5.82 Å². The number of aryl methyl sites for hydroxylation is 2. The highest BCUT2D eigenvalue weighted by atomic mass is 32.2. The number of para-hydroxylation sites is 1. The highest BCUT2D eigenvalue weighted by Crippen LogP contribution is 2.27. The Bertz CT molecular complexity index is 1180. The zero-order valence-corrected chi connectivity index (χ0v) is 18.6. The van der Waals surface area contributed by atoms with Crippen molar-refractivity contribution in [2.24, 2.45) is 0 Å². The third kappa shape index (κ3) is 6.09. The van der Waals surface area contributed by atoms with Crippen molar-refractivity contribution >= 4 is 45.8 Å². The first kappa shape index (κ1) is 21.0. The standard InChI is InChI=1S/C22H20N6OS2/c1-14-8-10-17(11-9-14)30-22-25-15(2)24-20(28-22)27-21-23-13-18(31-21)12-19(29)26-16-6-4-3-5-7-16/h3-11,13H,12H2,1-2H3,(H,26,29)(H,23,24,25,27,28). The van der Waals surface area contributed by atoms with Gasteiger partial charge in [-0.3, -0.25) is 10.1 Å². The summed E-state index contributed by atoms with van der Waals surface area (Å²) in [5.41, 5.74) is 1.98. The molecular weight excluding hydrogens is 428 g/mol. The number of thiazole rings is 1. The average Bonchev–Trinajstić information content (AvgIpc) is 3.16. The van der Waals surface area contributed by atoms with Gasteiger partial charge in [-0.05, 0) is 49.9 Å². The number of rotatable bonds is 7. The molecular formula is C22H20N6OS2. The smallest absolute Gasteiger partial charge is 0.233 e. The number of carbonyl (C=O) groups excluding carboxylic acids is 1. The van der Waals surface area contributed by atoms with E-state index in [-0.39, 0.29) is 12.3 Å². The molecule has 2 N–H and O–H groups in total. The van der Waals surface area contributed by atoms with Gasteiger partial charge >= 0.3 is 0 Å². The van der Waals surface area contributed by atoms with Gasteiger partial charge in [-0.25, -0.2) is 9.97 Å². The first-order chi connectivity index (χ1) is 15.0. The van der Waals surface area contributed by atoms with Gasteiger partial charge in [-0.15, -0.1) is 11.3 Å². The molecule has 0 saturated heterocycles. The number of benzene rings is 2. The van der Waals surface area contributed by atoms with Crippen LogP contribution < -0.4 is 10.6 Å². The third-order valence-electron chi connectivity index (χ3n) is 4.12. The van der Waals surface area contributed by atoms with Crippen LogP contribution in [0.5, 0.6) is 0 Å². The normalized spacial score (nSPS) is 10.6. The summed E-state index contributed by atoms with van der Waals surface area (Å²) >= 11 is 2.87. The van der Waals surface area contributed by atoms with Gasteiger partial charge in [-0.2, -0.15) is 9.97 Å². The number of hydrogen-bond acceptors (Lipinski definition) is 8. The van der Waals surface area contributed by atoms with Crippen LogP contribution in [0.15, 0.2) is 70.8 Å². The van der Waals surface area contributed by atoms with E-state index in [0.29, 0.717) is 22.1 Å². The lowest BCUT2D eigenvalue weighted by atomic mass is 10.2. The Morgan fingerprint density at radius 2 is 1.77 bits per heavy atom. The van der Waals surface area contributed by atoms with Crippen molar-refractivity contribution in [1.29, 1.82) is 0 Å². The Hall–Kier alpha value is -3.30. The molecule has 7 nitrogen and oxygen atoms in total. The van der Waals surface area contributed by atoms with Crippen molar-refractivity contribution < 1.29 is 4.79 Å². The lowest BCUT2D eigenvalue weighted by molar-refractivity contribution is -0.115. The van der Waals surface area contributed by atoms with Crippen molar-refractivity contribution in [3.63, 3.8) is 0 Å². The van der Waals surface area contributed by atoms with Crippen molar-refractivity contribution in [1.82, 2.24) is 19.9 Å². The number of nitrogens with zero attached hydrogens (tertiary/aromatic N) is 4. The van der Waals surface area contributed by atoms with E-state index in [0.717, 1.165) is 15.5 Å². The molecule has 156 valence electrons. The molecule has 0 aliphatic rings. The van der Waals surface area contributed by atoms with E-state index in [4.69, 9.17) is 0 Å². The molecule has 4 aromatic rings. The molecule has 2 heterocycles. The molecule has 2 aromatic carbocycles. The fraction of sp³-hybridized carbons (Fsp3) is 0.136. The predicted octanol–water partition coefficient (Wildman–Crippen LogP) is 5.02. The first-order valence-corrected chi connectivity index (χ1v) is 11.2. The van der Waals surface area contributed by atoms with E-state index in [9.17, 15) is 4.79 Å². The molecule has 1 amide bonds. The highest BCUT2D eigenvalue weighted by molar-refractivity contribution is 7.99. The summed E-state index contributed by atoms with van der Waals surface area (Å²) in [6, 6.07) is 17.6. The summed E-state index contributed by atoms with van der Waals surface area (Å²) in [6.07, 6.45) is 1.94. The van der Waals surface area contributed by atoms with Crippen LogP contribution in [0, 0.1) is 13.8 Å². The van der Waals surface area contributed by atoms with E-state index in [2.05, 4.69) is 49.6 Å². The lowest BCUT2D eigenvalue weighted by Gasteiger charge is -2.05. The Labute approximate surface area is 188 Å². The van der Waals surface area contributed by atoms with Crippen molar-refractivity contribution in [3.05, 3.63) is 77.1 Å². The minimum atomic E-state index is -0.0887. The molecule has 0 spiro atoms. The molecule has 0 atom stereocenters. The molecule has 0 radical (unpaired) electrons. The van der Waals surface area contributed by atoms with Gasteiger partial charge in [0.05, 0.1) is 6.42 Å². The maximum atomic E-state index is 12.2. The van der Waals surface area contributed by atoms with E-state index in [1.54, 1.807) is 6.20 Å². The summed E-state index contributed by atoms with van der Waals surface area (Å²) in [7, 11) is 0. The first-order valence-electron chi connectivity index (χ1n) is 9.57. The van der Waals surface area contributed by atoms with E-state index < -0.39 is 0 Å². The summed E-state index contributed by atoms with van der Waals surface area (Å²) in [5, 5.41) is 7.23. The Morgan fingerprint density at radius 3 is 2.55 bits per heavy atom. The Morgan fingerprint density at radius 1 is 1.00 bits per heavy atom. The molecule has 0 saturated carbocycles. The largest absolute Gasteiger partial charge is 0.326 e. The van der Waals surface area contributed by atoms with Crippen LogP contribution in [-0.4, -0.2) is 25.8 Å². The molecule has 0 bridgehead atoms. The second-order valence-electron chi connectivity index (χ2n) is 6.75. The average molecular weight is 449 g/mol. The molecule has 0 aliphatic carbocycles. The van der Waals surface area contributed by atoms with Gasteiger partial charge in [0.25, 0.3) is 0 Å². The monoisotopic (exact) mass is 448 g/mol. The van der Waals surface area contributed by atoms with Crippen LogP contribution in [0.1, 0.15) is 16.3 Å². The van der Waals surface area contributed by atoms with Crippen LogP contribution in [-0.2, 0) is 11.2 Å². The zero-order valence-electron chi connectivity index (χ0n) is 17.0. The molecule has 2 aromatic heterocycles. The molecule has 0 aliphatic heterocycles. The van der Waals surface area contributed by atoms with Crippen LogP contribution in [0.2, 0.25) is 0 Å². The van der Waals surface area contributed by atoms with E-state index >= 15 is 0 Å². The zero-order chi connectivity index (χ0) is 21.6. The number of amides is 1. The third-order valence-corrected chi connectivity index (χ3v) is 5.91.